The van der Waals surface area contributed by atoms with Crippen LogP contribution in [0.1, 0.15) is 42.5 Å². The molecule has 0 atom stereocenters. The van der Waals surface area contributed by atoms with E-state index in [4.69, 9.17) is 0 Å². The van der Waals surface area contributed by atoms with Crippen LogP contribution in [0.2, 0.25) is 0 Å². The van der Waals surface area contributed by atoms with Gasteiger partial charge < -0.3 is 5.32 Å². The molecule has 1 aromatic carbocycles. The molecule has 1 fully saturated rings. The molecule has 0 saturated heterocycles. The van der Waals surface area contributed by atoms with Crippen LogP contribution < -0.4 is 5.32 Å². The van der Waals surface area contributed by atoms with E-state index in [9.17, 15) is 13.2 Å². The zero-order valence-corrected chi connectivity index (χ0v) is 18.1. The molecule has 1 amide bonds. The molecule has 2 heterocycles. The SMILES string of the molecule is CN(C1CCCCC1)S(=O)(=O)c1ccc(C(=O)Nc2ccc(-n3ccnc3)nc2)cc1. The van der Waals surface area contributed by atoms with Gasteiger partial charge in [0, 0.05) is 31.0 Å². The van der Waals surface area contributed by atoms with Crippen molar-refractivity contribution in [3.63, 3.8) is 0 Å². The highest BCUT2D eigenvalue weighted by Gasteiger charge is 2.29. The zero-order chi connectivity index (χ0) is 21.8. The number of hydrogen-bond donors (Lipinski definition) is 1. The summed E-state index contributed by atoms with van der Waals surface area (Å²) in [6, 6.07) is 9.61. The van der Waals surface area contributed by atoms with Crippen LogP contribution in [0, 0.1) is 0 Å². The van der Waals surface area contributed by atoms with Gasteiger partial charge in [-0.3, -0.25) is 9.36 Å². The van der Waals surface area contributed by atoms with Crippen LogP contribution in [0.5, 0.6) is 0 Å². The molecular weight excluding hydrogens is 414 g/mol. The topological polar surface area (TPSA) is 97.2 Å². The van der Waals surface area contributed by atoms with Gasteiger partial charge in [-0.15, -0.1) is 0 Å². The lowest BCUT2D eigenvalue weighted by Gasteiger charge is -2.30. The Morgan fingerprint density at radius 3 is 2.45 bits per heavy atom. The molecule has 0 radical (unpaired) electrons. The largest absolute Gasteiger partial charge is 0.321 e. The van der Waals surface area contributed by atoms with Crippen molar-refractivity contribution in [1.82, 2.24) is 18.8 Å². The number of rotatable bonds is 6. The molecule has 31 heavy (non-hydrogen) atoms. The van der Waals surface area contributed by atoms with Crippen molar-refractivity contribution in [3.8, 4) is 5.82 Å². The van der Waals surface area contributed by atoms with Crippen molar-refractivity contribution < 1.29 is 13.2 Å². The highest BCUT2D eigenvalue weighted by Crippen LogP contribution is 2.26. The molecular formula is C22H25N5O3S. The van der Waals surface area contributed by atoms with Gasteiger partial charge in [0.1, 0.15) is 12.1 Å². The smallest absolute Gasteiger partial charge is 0.255 e. The van der Waals surface area contributed by atoms with Gasteiger partial charge in [0.25, 0.3) is 5.91 Å². The Kier molecular flexibility index (Phi) is 6.15. The maximum atomic E-state index is 12.9. The minimum atomic E-state index is -3.58. The lowest BCUT2D eigenvalue weighted by atomic mass is 9.96. The number of carbonyl (C=O) groups is 1. The molecule has 1 aliphatic carbocycles. The van der Waals surface area contributed by atoms with E-state index >= 15 is 0 Å². The molecule has 0 spiro atoms. The Bertz CT molecular complexity index is 1120. The average molecular weight is 440 g/mol. The summed E-state index contributed by atoms with van der Waals surface area (Å²) in [6.07, 6.45) is 11.7. The Balaban J connectivity index is 1.43. The second-order valence-corrected chi connectivity index (χ2v) is 9.66. The molecule has 1 aliphatic rings. The minimum absolute atomic E-state index is 0.0412. The average Bonchev–Trinajstić information content (AvgIpc) is 3.35. The first kappa shape index (κ1) is 21.2. The van der Waals surface area contributed by atoms with Gasteiger partial charge in [0.2, 0.25) is 10.0 Å². The van der Waals surface area contributed by atoms with E-state index in [1.165, 1.54) is 28.6 Å². The third kappa shape index (κ3) is 4.67. The lowest BCUT2D eigenvalue weighted by Crippen LogP contribution is -2.38. The molecule has 0 unspecified atom stereocenters. The van der Waals surface area contributed by atoms with Crippen molar-refractivity contribution in [3.05, 3.63) is 66.9 Å². The van der Waals surface area contributed by atoms with Crippen LogP contribution >= 0.6 is 0 Å². The second-order valence-electron chi connectivity index (χ2n) is 7.67. The summed E-state index contributed by atoms with van der Waals surface area (Å²) >= 11 is 0. The quantitative estimate of drug-likeness (QED) is 0.634. The summed E-state index contributed by atoms with van der Waals surface area (Å²) in [5.41, 5.74) is 0.917. The van der Waals surface area contributed by atoms with E-state index < -0.39 is 10.0 Å². The van der Waals surface area contributed by atoms with Crippen molar-refractivity contribution in [2.75, 3.05) is 12.4 Å². The standard InChI is InChI=1S/C22H25N5O3S/c1-26(19-5-3-2-4-6-19)31(29,30)20-10-7-17(8-11-20)22(28)25-18-9-12-21(24-15-18)27-14-13-23-16-27/h7-16,19H,2-6H2,1H3,(H,25,28). The van der Waals surface area contributed by atoms with Gasteiger partial charge in [-0.2, -0.15) is 4.31 Å². The van der Waals surface area contributed by atoms with Crippen LogP contribution in [0.25, 0.3) is 5.82 Å². The second kappa shape index (κ2) is 8.99. The number of benzene rings is 1. The summed E-state index contributed by atoms with van der Waals surface area (Å²) in [5, 5.41) is 2.78. The molecule has 162 valence electrons. The number of nitrogens with zero attached hydrogens (tertiary/aromatic N) is 4. The van der Waals surface area contributed by atoms with Crippen LogP contribution in [0.4, 0.5) is 5.69 Å². The number of nitrogens with one attached hydrogen (secondary N) is 1. The van der Waals surface area contributed by atoms with E-state index in [0.717, 1.165) is 32.1 Å². The molecule has 8 nitrogen and oxygen atoms in total. The highest BCUT2D eigenvalue weighted by molar-refractivity contribution is 7.89. The Labute approximate surface area is 182 Å². The molecule has 3 aromatic rings. The Hall–Kier alpha value is -3.04. The maximum absolute atomic E-state index is 12.9. The van der Waals surface area contributed by atoms with Crippen molar-refractivity contribution in [1.29, 1.82) is 0 Å². The number of hydrogen-bond acceptors (Lipinski definition) is 5. The number of imidazole rings is 1. The maximum Gasteiger partial charge on any atom is 0.255 e. The van der Waals surface area contributed by atoms with E-state index in [1.54, 1.807) is 48.7 Å². The van der Waals surface area contributed by atoms with E-state index in [0.29, 0.717) is 17.1 Å². The number of amides is 1. The van der Waals surface area contributed by atoms with Crippen LogP contribution in [0.15, 0.2) is 66.2 Å². The Morgan fingerprint density at radius 2 is 1.84 bits per heavy atom. The summed E-state index contributed by atoms with van der Waals surface area (Å²) in [5.74, 6) is 0.355. The van der Waals surface area contributed by atoms with E-state index in [1.807, 2.05) is 0 Å². The van der Waals surface area contributed by atoms with Crippen LogP contribution in [-0.2, 0) is 10.0 Å². The summed E-state index contributed by atoms with van der Waals surface area (Å²) in [4.78, 5) is 21.0. The first-order valence-corrected chi connectivity index (χ1v) is 11.7. The number of pyridine rings is 1. The van der Waals surface area contributed by atoms with Gasteiger partial charge in [-0.25, -0.2) is 18.4 Å². The predicted molar refractivity (Wildman–Crippen MR) is 118 cm³/mol. The molecule has 0 aliphatic heterocycles. The van der Waals surface area contributed by atoms with Gasteiger partial charge in [0.05, 0.1) is 16.8 Å². The van der Waals surface area contributed by atoms with Crippen molar-refractivity contribution in [2.24, 2.45) is 0 Å². The highest BCUT2D eigenvalue weighted by atomic mass is 32.2. The number of sulfonamides is 1. The number of aromatic nitrogens is 3. The van der Waals surface area contributed by atoms with Crippen molar-refractivity contribution >= 4 is 21.6 Å². The van der Waals surface area contributed by atoms with Crippen LogP contribution in [0.3, 0.4) is 0 Å². The number of anilines is 1. The normalized spacial score (nSPS) is 15.2. The zero-order valence-electron chi connectivity index (χ0n) is 17.3. The molecule has 0 bridgehead atoms. The first-order valence-electron chi connectivity index (χ1n) is 10.3. The van der Waals surface area contributed by atoms with Crippen molar-refractivity contribution in [2.45, 2.75) is 43.0 Å². The number of carbonyl (C=O) groups excluding carboxylic acids is 1. The monoisotopic (exact) mass is 439 g/mol. The lowest BCUT2D eigenvalue weighted by molar-refractivity contribution is 0.102. The molecule has 1 N–H and O–H groups in total. The first-order chi connectivity index (χ1) is 14.9. The van der Waals surface area contributed by atoms with Gasteiger partial charge in [-0.05, 0) is 49.2 Å². The fourth-order valence-electron chi connectivity index (χ4n) is 3.80. The van der Waals surface area contributed by atoms with Gasteiger partial charge >= 0.3 is 0 Å². The summed E-state index contributed by atoms with van der Waals surface area (Å²) in [7, 11) is -1.94. The fraction of sp³-hybridized carbons (Fsp3) is 0.318. The van der Waals surface area contributed by atoms with Gasteiger partial charge in [0.15, 0.2) is 0 Å². The van der Waals surface area contributed by atoms with Crippen LogP contribution in [-0.4, -0.2) is 46.3 Å². The third-order valence-electron chi connectivity index (χ3n) is 5.66. The third-order valence-corrected chi connectivity index (χ3v) is 7.58. The van der Waals surface area contributed by atoms with E-state index in [-0.39, 0.29) is 16.8 Å². The molecule has 9 heteroatoms. The van der Waals surface area contributed by atoms with E-state index in [2.05, 4.69) is 15.3 Å². The molecule has 2 aromatic heterocycles. The van der Waals surface area contributed by atoms with Gasteiger partial charge in [-0.1, -0.05) is 19.3 Å². The molecule has 4 rings (SSSR count). The summed E-state index contributed by atoms with van der Waals surface area (Å²) in [6.45, 7) is 0. The fourth-order valence-corrected chi connectivity index (χ4v) is 5.21. The molecule has 1 saturated carbocycles. The predicted octanol–water partition coefficient (Wildman–Crippen LogP) is 3.47. The Morgan fingerprint density at radius 1 is 1.10 bits per heavy atom. The minimum Gasteiger partial charge on any atom is -0.321 e. The summed E-state index contributed by atoms with van der Waals surface area (Å²) < 4.78 is 29.1.